The predicted octanol–water partition coefficient (Wildman–Crippen LogP) is 4.70. The van der Waals surface area contributed by atoms with E-state index in [0.29, 0.717) is 25.6 Å². The molecule has 0 unspecified atom stereocenters. The third-order valence-electron chi connectivity index (χ3n) is 6.36. The van der Waals surface area contributed by atoms with Crippen molar-refractivity contribution in [2.24, 2.45) is 11.8 Å². The van der Waals surface area contributed by atoms with E-state index in [1.807, 2.05) is 66.7 Å². The van der Waals surface area contributed by atoms with Gasteiger partial charge in [-0.05, 0) is 30.2 Å². The highest BCUT2D eigenvalue weighted by Gasteiger charge is 2.59. The number of rotatable bonds is 9. The van der Waals surface area contributed by atoms with E-state index >= 15 is 0 Å². The molecule has 0 bridgehead atoms. The summed E-state index contributed by atoms with van der Waals surface area (Å²) in [4.78, 5) is 12.8. The molecule has 3 heterocycles. The van der Waals surface area contributed by atoms with E-state index in [1.54, 1.807) is 19.3 Å². The lowest BCUT2D eigenvalue weighted by Gasteiger charge is -2.27. The van der Waals surface area contributed by atoms with Crippen LogP contribution in [0.5, 0.6) is 0 Å². The van der Waals surface area contributed by atoms with Crippen molar-refractivity contribution in [1.29, 1.82) is 0 Å². The van der Waals surface area contributed by atoms with Crippen LogP contribution in [0.3, 0.4) is 0 Å². The average Bonchev–Trinajstić information content (AvgIpc) is 3.55. The molecular formula is C27H28O6. The van der Waals surface area contributed by atoms with Crippen LogP contribution in [0.4, 0.5) is 0 Å². The fraction of sp³-hybridized carbons (Fsp3) is 0.370. The second-order valence-corrected chi connectivity index (χ2v) is 8.59. The topological polar surface area (TPSA) is 67.1 Å². The number of carbonyl (C=O) groups excluding carboxylic acids is 1. The van der Waals surface area contributed by atoms with E-state index in [2.05, 4.69) is 0 Å². The van der Waals surface area contributed by atoms with Crippen molar-refractivity contribution in [3.8, 4) is 0 Å². The molecule has 2 fully saturated rings. The van der Waals surface area contributed by atoms with Gasteiger partial charge in [0.05, 0.1) is 44.0 Å². The van der Waals surface area contributed by atoms with Gasteiger partial charge in [0.2, 0.25) is 0 Å². The van der Waals surface area contributed by atoms with Gasteiger partial charge in [0.15, 0.2) is 6.29 Å². The Balaban J connectivity index is 1.34. The molecule has 0 spiro atoms. The Morgan fingerprint density at radius 1 is 0.879 bits per heavy atom. The number of furan rings is 1. The third-order valence-corrected chi connectivity index (χ3v) is 6.36. The molecule has 6 nitrogen and oxygen atoms in total. The zero-order valence-corrected chi connectivity index (χ0v) is 18.5. The minimum atomic E-state index is -0.555. The SMILES string of the molecule is CC(=O)[C@H]1[C@@H]2[C@H](O[C@@H]1c1ccco1)O[C@H](COCc1ccccc1)[C@@H]2OCc1ccccc1. The average molecular weight is 449 g/mol. The molecule has 2 aliphatic rings. The highest BCUT2D eigenvalue weighted by molar-refractivity contribution is 5.80. The van der Waals surface area contributed by atoms with Crippen LogP contribution in [0.2, 0.25) is 0 Å². The Labute approximate surface area is 193 Å². The van der Waals surface area contributed by atoms with Gasteiger partial charge in [0, 0.05) is 0 Å². The number of ketones is 1. The van der Waals surface area contributed by atoms with Crippen LogP contribution in [-0.2, 0) is 37.0 Å². The number of carbonyl (C=O) groups is 1. The first-order valence-corrected chi connectivity index (χ1v) is 11.3. The van der Waals surface area contributed by atoms with Gasteiger partial charge in [-0.15, -0.1) is 0 Å². The maximum atomic E-state index is 12.8. The maximum absolute atomic E-state index is 12.8. The molecule has 1 aromatic heterocycles. The van der Waals surface area contributed by atoms with Crippen molar-refractivity contribution in [3.05, 3.63) is 95.9 Å². The molecule has 6 heteroatoms. The minimum Gasteiger partial charge on any atom is -0.467 e. The predicted molar refractivity (Wildman–Crippen MR) is 120 cm³/mol. The first-order valence-electron chi connectivity index (χ1n) is 11.3. The van der Waals surface area contributed by atoms with Crippen molar-refractivity contribution in [1.82, 2.24) is 0 Å². The molecule has 2 saturated heterocycles. The number of ether oxygens (including phenoxy) is 4. The van der Waals surface area contributed by atoms with E-state index in [4.69, 9.17) is 23.4 Å². The van der Waals surface area contributed by atoms with Crippen LogP contribution in [0.15, 0.2) is 83.5 Å². The Bertz CT molecular complexity index is 1020. The molecule has 5 rings (SSSR count). The standard InChI is InChI=1S/C27H28O6/c1-18(28)23-24-25(31-16-20-11-6-3-7-12-20)22(17-29-15-19-9-4-2-5-10-19)32-27(24)33-26(23)21-13-8-14-30-21/h2-14,22-27H,15-17H2,1H3/t22-,23+,24+,25+,26-,27+/m1/s1. The van der Waals surface area contributed by atoms with Crippen LogP contribution in [0.25, 0.3) is 0 Å². The summed E-state index contributed by atoms with van der Waals surface area (Å²) < 4.78 is 30.4. The van der Waals surface area contributed by atoms with Gasteiger partial charge in [-0.3, -0.25) is 4.79 Å². The molecular weight excluding hydrogens is 420 g/mol. The lowest BCUT2D eigenvalue weighted by Crippen LogP contribution is -2.38. The number of fused-ring (bicyclic) bond motifs is 1. The largest absolute Gasteiger partial charge is 0.467 e. The highest BCUT2D eigenvalue weighted by Crippen LogP contribution is 2.50. The maximum Gasteiger partial charge on any atom is 0.165 e. The molecule has 33 heavy (non-hydrogen) atoms. The summed E-state index contributed by atoms with van der Waals surface area (Å²) in [6.07, 6.45) is -0.137. The molecule has 0 aliphatic carbocycles. The molecule has 6 atom stereocenters. The van der Waals surface area contributed by atoms with Gasteiger partial charge in [-0.25, -0.2) is 0 Å². The van der Waals surface area contributed by atoms with Crippen molar-refractivity contribution >= 4 is 5.78 Å². The summed E-state index contributed by atoms with van der Waals surface area (Å²) in [5.41, 5.74) is 2.15. The quantitative estimate of drug-likeness (QED) is 0.473. The molecule has 2 aromatic carbocycles. The highest BCUT2D eigenvalue weighted by atomic mass is 16.7. The first-order chi connectivity index (χ1) is 16.2. The van der Waals surface area contributed by atoms with Crippen molar-refractivity contribution in [2.75, 3.05) is 6.61 Å². The van der Waals surface area contributed by atoms with E-state index in [0.717, 1.165) is 11.1 Å². The van der Waals surface area contributed by atoms with Crippen LogP contribution in [0, 0.1) is 11.8 Å². The summed E-state index contributed by atoms with van der Waals surface area (Å²) in [6.45, 7) is 2.84. The van der Waals surface area contributed by atoms with Crippen LogP contribution in [-0.4, -0.2) is 30.9 Å². The zero-order chi connectivity index (χ0) is 22.6. The fourth-order valence-corrected chi connectivity index (χ4v) is 4.84. The van der Waals surface area contributed by atoms with Gasteiger partial charge in [-0.2, -0.15) is 0 Å². The van der Waals surface area contributed by atoms with E-state index in [1.165, 1.54) is 0 Å². The van der Waals surface area contributed by atoms with E-state index in [-0.39, 0.29) is 23.9 Å². The summed E-state index contributed by atoms with van der Waals surface area (Å²) in [5, 5.41) is 0. The number of hydrogen-bond donors (Lipinski definition) is 0. The van der Waals surface area contributed by atoms with Gasteiger partial charge in [-0.1, -0.05) is 60.7 Å². The lowest BCUT2D eigenvalue weighted by atomic mass is 9.82. The Morgan fingerprint density at radius 3 is 2.21 bits per heavy atom. The number of hydrogen-bond acceptors (Lipinski definition) is 6. The van der Waals surface area contributed by atoms with Crippen molar-refractivity contribution < 1.29 is 28.2 Å². The fourth-order valence-electron chi connectivity index (χ4n) is 4.84. The molecule has 3 aromatic rings. The number of Topliss-reactive ketones (excluding diaryl/α,β-unsaturated/α-hetero) is 1. The molecule has 0 N–H and O–H groups in total. The summed E-state index contributed by atoms with van der Waals surface area (Å²) in [7, 11) is 0. The van der Waals surface area contributed by atoms with Crippen LogP contribution >= 0.6 is 0 Å². The zero-order valence-electron chi connectivity index (χ0n) is 18.5. The minimum absolute atomic E-state index is 0.0339. The Morgan fingerprint density at radius 2 is 1.58 bits per heavy atom. The van der Waals surface area contributed by atoms with Crippen molar-refractivity contribution in [2.45, 2.75) is 44.7 Å². The monoisotopic (exact) mass is 448 g/mol. The molecule has 0 saturated carbocycles. The van der Waals surface area contributed by atoms with Crippen LogP contribution < -0.4 is 0 Å². The Hall–Kier alpha value is -2.77. The second kappa shape index (κ2) is 10.0. The van der Waals surface area contributed by atoms with Gasteiger partial charge >= 0.3 is 0 Å². The first kappa shape index (κ1) is 22.0. The van der Waals surface area contributed by atoms with Gasteiger partial charge < -0.3 is 23.4 Å². The van der Waals surface area contributed by atoms with Crippen molar-refractivity contribution in [3.63, 3.8) is 0 Å². The molecule has 172 valence electrons. The van der Waals surface area contributed by atoms with Crippen LogP contribution in [0.1, 0.15) is 29.9 Å². The van der Waals surface area contributed by atoms with Gasteiger partial charge in [0.1, 0.15) is 23.8 Å². The smallest absolute Gasteiger partial charge is 0.165 e. The second-order valence-electron chi connectivity index (χ2n) is 8.59. The number of benzene rings is 2. The Kier molecular flexibility index (Phi) is 6.69. The molecule has 0 radical (unpaired) electrons. The molecule has 0 amide bonds. The van der Waals surface area contributed by atoms with E-state index < -0.39 is 18.3 Å². The summed E-state index contributed by atoms with van der Waals surface area (Å²) in [5.74, 6) is 0.00577. The lowest BCUT2D eigenvalue weighted by molar-refractivity contribution is -0.164. The van der Waals surface area contributed by atoms with E-state index in [9.17, 15) is 4.79 Å². The summed E-state index contributed by atoms with van der Waals surface area (Å²) >= 11 is 0. The molecule has 2 aliphatic heterocycles. The van der Waals surface area contributed by atoms with Gasteiger partial charge in [0.25, 0.3) is 0 Å². The summed E-state index contributed by atoms with van der Waals surface area (Å²) in [6, 6.07) is 23.6. The normalized spacial score (nSPS) is 28.6. The third kappa shape index (κ3) is 4.80.